The minimum Gasteiger partial charge on any atom is -0.480 e. The lowest BCUT2D eigenvalue weighted by Gasteiger charge is -2.23. The summed E-state index contributed by atoms with van der Waals surface area (Å²) in [7, 11) is 6.54. The average Bonchev–Trinajstić information content (AvgIpc) is 2.92. The molecule has 0 amide bonds. The first kappa shape index (κ1) is 28.7. The van der Waals surface area contributed by atoms with Crippen LogP contribution in [0, 0.1) is 17.6 Å². The van der Waals surface area contributed by atoms with Crippen LogP contribution in [0.25, 0.3) is 0 Å². The van der Waals surface area contributed by atoms with Crippen molar-refractivity contribution in [2.75, 3.05) is 6.61 Å². The van der Waals surface area contributed by atoms with Crippen LogP contribution in [0.1, 0.15) is 38.5 Å². The summed E-state index contributed by atoms with van der Waals surface area (Å²) in [6, 6.07) is 20.5. The molecule has 0 bridgehead atoms. The number of benzene rings is 3. The second-order valence-corrected chi connectivity index (χ2v) is 14.3. The molecule has 1 aliphatic carbocycles. The van der Waals surface area contributed by atoms with Crippen molar-refractivity contribution in [3.05, 3.63) is 89.5 Å². The summed E-state index contributed by atoms with van der Waals surface area (Å²) >= 11 is 6.42. The van der Waals surface area contributed by atoms with Crippen molar-refractivity contribution < 1.29 is 13.5 Å². The van der Waals surface area contributed by atoms with Gasteiger partial charge in [0.05, 0.1) is 21.9 Å². The Morgan fingerprint density at radius 3 is 1.97 bits per heavy atom. The first-order valence-electron chi connectivity index (χ1n) is 12.2. The van der Waals surface area contributed by atoms with E-state index in [1.807, 2.05) is 24.3 Å². The third-order valence-corrected chi connectivity index (χ3v) is 12.4. The summed E-state index contributed by atoms with van der Waals surface area (Å²) in [6.45, 7) is 0.654. The van der Waals surface area contributed by atoms with Crippen LogP contribution in [-0.4, -0.2) is 17.1 Å². The highest BCUT2D eigenvalue weighted by molar-refractivity contribution is 8.85. The quantitative estimate of drug-likeness (QED) is 0.0948. The molecular formula is C28H28ClF2NOS4. The zero-order valence-corrected chi connectivity index (χ0v) is 24.2. The number of hydrogen-bond acceptors (Lipinski definition) is 6. The number of nitrogens with zero attached hydrogens (tertiary/aromatic N) is 1. The van der Waals surface area contributed by atoms with Crippen molar-refractivity contribution >= 4 is 66.4 Å². The number of rotatable bonds is 11. The molecular weight excluding hydrogens is 568 g/mol. The molecule has 196 valence electrons. The van der Waals surface area contributed by atoms with Crippen molar-refractivity contribution in [2.45, 2.75) is 52.9 Å². The van der Waals surface area contributed by atoms with Crippen LogP contribution < -0.4 is 0 Å². The van der Waals surface area contributed by atoms with Crippen molar-refractivity contribution in [1.82, 2.24) is 0 Å². The van der Waals surface area contributed by atoms with Gasteiger partial charge in [-0.25, -0.2) is 13.8 Å². The summed E-state index contributed by atoms with van der Waals surface area (Å²) < 4.78 is 33.2. The minimum absolute atomic E-state index is 0.0534. The maximum absolute atomic E-state index is 13.4. The predicted molar refractivity (Wildman–Crippen MR) is 159 cm³/mol. The number of para-hydroxylation sites is 1. The van der Waals surface area contributed by atoms with E-state index in [9.17, 15) is 8.78 Å². The summed E-state index contributed by atoms with van der Waals surface area (Å²) in [5.41, 5.74) is 0.689. The second kappa shape index (κ2) is 15.3. The number of aliphatic imine (C=N–C) groups is 1. The second-order valence-electron chi connectivity index (χ2n) is 8.67. The summed E-state index contributed by atoms with van der Waals surface area (Å²) in [4.78, 5) is 6.77. The molecule has 1 aliphatic rings. The molecule has 3 aromatic rings. The third-order valence-electron chi connectivity index (χ3n) is 5.78. The molecule has 1 fully saturated rings. The van der Waals surface area contributed by atoms with E-state index in [1.54, 1.807) is 67.4 Å². The van der Waals surface area contributed by atoms with Crippen LogP contribution in [0.15, 0.2) is 87.6 Å². The van der Waals surface area contributed by atoms with Crippen LogP contribution in [0.4, 0.5) is 14.5 Å². The molecule has 0 saturated heterocycles. The topological polar surface area (TPSA) is 21.6 Å². The Hall–Kier alpha value is -1.32. The molecule has 0 heterocycles. The Morgan fingerprint density at radius 2 is 1.41 bits per heavy atom. The van der Waals surface area contributed by atoms with Crippen molar-refractivity contribution in [2.24, 2.45) is 10.9 Å². The summed E-state index contributed by atoms with van der Waals surface area (Å²) in [6.07, 6.45) is 6.76. The lowest BCUT2D eigenvalue weighted by atomic mass is 9.90. The zero-order valence-electron chi connectivity index (χ0n) is 20.2. The van der Waals surface area contributed by atoms with E-state index in [2.05, 4.69) is 0 Å². The van der Waals surface area contributed by atoms with Gasteiger partial charge in [0, 0.05) is 16.2 Å². The molecule has 0 aromatic heterocycles. The van der Waals surface area contributed by atoms with Gasteiger partial charge >= 0.3 is 0 Å². The SMILES string of the molecule is Fc1ccc(SSC(C/C(=N/c2ccccc2Cl)OCC2CCCCC2)SSc2ccc(F)cc2)cc1. The fourth-order valence-corrected chi connectivity index (χ4v) is 9.71. The van der Waals surface area contributed by atoms with Crippen LogP contribution >= 0.6 is 54.8 Å². The molecule has 0 radical (unpaired) electrons. The first-order chi connectivity index (χ1) is 18.0. The van der Waals surface area contributed by atoms with Gasteiger partial charge in [0.1, 0.15) is 11.6 Å². The molecule has 9 heteroatoms. The molecule has 0 spiro atoms. The Labute approximate surface area is 238 Å². The number of hydrogen-bond donors (Lipinski definition) is 0. The maximum atomic E-state index is 13.4. The van der Waals surface area contributed by atoms with Gasteiger partial charge in [0.15, 0.2) is 5.90 Å². The molecule has 0 atom stereocenters. The van der Waals surface area contributed by atoms with Crippen molar-refractivity contribution in [1.29, 1.82) is 0 Å². The predicted octanol–water partition coefficient (Wildman–Crippen LogP) is 10.8. The molecule has 0 N–H and O–H groups in total. The largest absolute Gasteiger partial charge is 0.480 e. The van der Waals surface area contributed by atoms with Gasteiger partial charge in [-0.1, -0.05) is 86.2 Å². The summed E-state index contributed by atoms with van der Waals surface area (Å²) in [5, 5.41) is 0.583. The Kier molecular flexibility index (Phi) is 11.9. The highest BCUT2D eigenvalue weighted by Gasteiger charge is 2.20. The van der Waals surface area contributed by atoms with E-state index < -0.39 is 0 Å². The molecule has 2 nitrogen and oxygen atoms in total. The van der Waals surface area contributed by atoms with Crippen LogP contribution in [0.5, 0.6) is 0 Å². The van der Waals surface area contributed by atoms with E-state index in [0.717, 1.165) is 9.79 Å². The third kappa shape index (κ3) is 10.1. The number of halogens is 3. The van der Waals surface area contributed by atoms with E-state index in [4.69, 9.17) is 21.3 Å². The van der Waals surface area contributed by atoms with E-state index in [0.29, 0.717) is 35.6 Å². The average molecular weight is 596 g/mol. The Balaban J connectivity index is 1.49. The fourth-order valence-electron chi connectivity index (χ4n) is 3.81. The van der Waals surface area contributed by atoms with Gasteiger partial charge in [-0.15, -0.1) is 0 Å². The minimum atomic E-state index is -0.252. The molecule has 1 saturated carbocycles. The van der Waals surface area contributed by atoms with E-state index >= 15 is 0 Å². The van der Waals surface area contributed by atoms with E-state index in [1.165, 1.54) is 56.4 Å². The smallest absolute Gasteiger partial charge is 0.190 e. The molecule has 37 heavy (non-hydrogen) atoms. The van der Waals surface area contributed by atoms with Gasteiger partial charge in [-0.3, -0.25) is 0 Å². The molecule has 0 aliphatic heterocycles. The lowest BCUT2D eigenvalue weighted by molar-refractivity contribution is 0.195. The van der Waals surface area contributed by atoms with E-state index in [-0.39, 0.29) is 16.2 Å². The summed E-state index contributed by atoms with van der Waals surface area (Å²) in [5.74, 6) is 0.698. The molecule has 4 rings (SSSR count). The van der Waals surface area contributed by atoms with Gasteiger partial charge in [-0.2, -0.15) is 0 Å². The van der Waals surface area contributed by atoms with Crippen LogP contribution in [-0.2, 0) is 4.74 Å². The number of ether oxygens (including phenoxy) is 1. The van der Waals surface area contributed by atoms with Gasteiger partial charge in [-0.05, 0) is 79.4 Å². The Bertz CT molecular complexity index is 1090. The van der Waals surface area contributed by atoms with Crippen molar-refractivity contribution in [3.8, 4) is 0 Å². The van der Waals surface area contributed by atoms with Crippen molar-refractivity contribution in [3.63, 3.8) is 0 Å². The lowest BCUT2D eigenvalue weighted by Crippen LogP contribution is -2.18. The first-order valence-corrected chi connectivity index (χ1v) is 17.0. The van der Waals surface area contributed by atoms with Gasteiger partial charge < -0.3 is 4.74 Å². The standard InChI is InChI=1S/C28H28ClF2NOS4/c29-25-8-4-5-9-26(25)32-27(33-19-20-6-2-1-3-7-20)18-28(36-34-23-14-10-21(30)11-15-23)37-35-24-16-12-22(31)13-17-24/h4-5,8-17,20,28H,1-3,6-7,18-19H2/b32-27-. The zero-order chi connectivity index (χ0) is 25.9. The van der Waals surface area contributed by atoms with Gasteiger partial charge in [0.2, 0.25) is 0 Å². The maximum Gasteiger partial charge on any atom is 0.190 e. The highest BCUT2D eigenvalue weighted by atomic mass is 35.5. The van der Waals surface area contributed by atoms with Crippen LogP contribution in [0.3, 0.4) is 0 Å². The highest BCUT2D eigenvalue weighted by Crippen LogP contribution is 2.47. The molecule has 3 aromatic carbocycles. The molecule has 0 unspecified atom stereocenters. The Morgan fingerprint density at radius 1 is 0.838 bits per heavy atom. The van der Waals surface area contributed by atoms with Gasteiger partial charge in [0.25, 0.3) is 0 Å². The normalized spacial score (nSPS) is 14.8. The van der Waals surface area contributed by atoms with Crippen LogP contribution in [0.2, 0.25) is 5.02 Å². The monoisotopic (exact) mass is 595 g/mol. The fraction of sp³-hybridized carbons (Fsp3) is 0.321.